The van der Waals surface area contributed by atoms with Crippen molar-refractivity contribution in [1.29, 1.82) is 0 Å². The van der Waals surface area contributed by atoms with Crippen molar-refractivity contribution < 1.29 is 41.3 Å². The fraction of sp³-hybridized carbons (Fsp3) is 0.312. The summed E-state index contributed by atoms with van der Waals surface area (Å²) in [6.07, 6.45) is -3.59. The van der Waals surface area contributed by atoms with E-state index in [2.05, 4.69) is 0 Å². The molecule has 0 aliphatic heterocycles. The van der Waals surface area contributed by atoms with Crippen LogP contribution in [0.4, 0.5) is 13.2 Å². The Morgan fingerprint density at radius 3 is 2.14 bits per heavy atom. The standard InChI is InChI=1S/C32H31ClF3NO7/c1-5-15-37(16-6-2)18-23-24(43-31(39)19-7-13-25(40-3)26(17-19)41-4)14-12-22-27(38)29(30(32(34,35)36)44-28(22)23)42-21-10-8-20(33)9-11-21/h7-14,17H,5-6,15-16,18H2,1-4H3. The summed E-state index contributed by atoms with van der Waals surface area (Å²) in [5.74, 6) is -2.86. The Balaban J connectivity index is 1.90. The van der Waals surface area contributed by atoms with E-state index >= 15 is 0 Å². The van der Waals surface area contributed by atoms with E-state index < -0.39 is 29.1 Å². The predicted molar refractivity (Wildman–Crippen MR) is 159 cm³/mol. The molecule has 0 saturated carbocycles. The van der Waals surface area contributed by atoms with Crippen molar-refractivity contribution in [1.82, 2.24) is 4.90 Å². The van der Waals surface area contributed by atoms with Crippen molar-refractivity contribution in [2.24, 2.45) is 0 Å². The molecule has 234 valence electrons. The van der Waals surface area contributed by atoms with Crippen molar-refractivity contribution >= 4 is 28.5 Å². The molecule has 0 N–H and O–H groups in total. The number of fused-ring (bicyclic) bond motifs is 1. The summed E-state index contributed by atoms with van der Waals surface area (Å²) in [7, 11) is 2.86. The van der Waals surface area contributed by atoms with Gasteiger partial charge in [-0.1, -0.05) is 25.4 Å². The quantitative estimate of drug-likeness (QED) is 0.114. The Morgan fingerprint density at radius 1 is 0.909 bits per heavy atom. The van der Waals surface area contributed by atoms with Gasteiger partial charge in [0.25, 0.3) is 5.76 Å². The minimum atomic E-state index is -5.09. The molecule has 44 heavy (non-hydrogen) atoms. The molecular formula is C32H31ClF3NO7. The summed E-state index contributed by atoms with van der Waals surface area (Å²) in [4.78, 5) is 28.8. The number of rotatable bonds is 12. The molecule has 12 heteroatoms. The topological polar surface area (TPSA) is 87.4 Å². The van der Waals surface area contributed by atoms with Crippen LogP contribution in [0.5, 0.6) is 28.7 Å². The molecule has 3 aromatic carbocycles. The number of benzene rings is 3. The van der Waals surface area contributed by atoms with E-state index in [0.717, 1.165) is 12.8 Å². The van der Waals surface area contributed by atoms with Crippen molar-refractivity contribution in [3.63, 3.8) is 0 Å². The van der Waals surface area contributed by atoms with Gasteiger partial charge in [-0.2, -0.15) is 13.2 Å². The van der Waals surface area contributed by atoms with E-state index in [1.165, 1.54) is 68.8 Å². The molecule has 1 aromatic heterocycles. The van der Waals surface area contributed by atoms with Gasteiger partial charge in [-0.3, -0.25) is 9.69 Å². The number of nitrogens with zero attached hydrogens (tertiary/aromatic N) is 1. The number of methoxy groups -OCH3 is 2. The number of ether oxygens (including phenoxy) is 4. The molecular weight excluding hydrogens is 603 g/mol. The van der Waals surface area contributed by atoms with Gasteiger partial charge < -0.3 is 23.4 Å². The van der Waals surface area contributed by atoms with E-state index in [4.69, 9.17) is 35.0 Å². The molecule has 0 bridgehead atoms. The lowest BCUT2D eigenvalue weighted by Gasteiger charge is -2.23. The van der Waals surface area contributed by atoms with E-state index in [0.29, 0.717) is 23.9 Å². The van der Waals surface area contributed by atoms with Gasteiger partial charge in [-0.25, -0.2) is 4.79 Å². The van der Waals surface area contributed by atoms with Gasteiger partial charge in [0.05, 0.1) is 30.7 Å². The van der Waals surface area contributed by atoms with Crippen molar-refractivity contribution in [3.05, 3.63) is 86.7 Å². The molecule has 4 rings (SSSR count). The molecule has 0 atom stereocenters. The first-order valence-corrected chi connectivity index (χ1v) is 14.2. The highest BCUT2D eigenvalue weighted by atomic mass is 35.5. The van der Waals surface area contributed by atoms with Gasteiger partial charge >= 0.3 is 12.1 Å². The maximum atomic E-state index is 14.4. The molecule has 0 aliphatic carbocycles. The third kappa shape index (κ3) is 7.28. The second kappa shape index (κ2) is 14.0. The molecule has 0 amide bonds. The normalized spacial score (nSPS) is 11.6. The lowest BCUT2D eigenvalue weighted by atomic mass is 10.1. The van der Waals surface area contributed by atoms with Crippen LogP contribution in [0.2, 0.25) is 5.02 Å². The molecule has 1 heterocycles. The van der Waals surface area contributed by atoms with Gasteiger partial charge in [0.2, 0.25) is 11.2 Å². The molecule has 4 aromatic rings. The van der Waals surface area contributed by atoms with Crippen LogP contribution in [0.3, 0.4) is 0 Å². The van der Waals surface area contributed by atoms with E-state index in [-0.39, 0.29) is 45.9 Å². The molecule has 0 spiro atoms. The maximum Gasteiger partial charge on any atom is 0.453 e. The lowest BCUT2D eigenvalue weighted by molar-refractivity contribution is -0.154. The Labute approximate surface area is 256 Å². The van der Waals surface area contributed by atoms with Gasteiger partial charge in [0.1, 0.15) is 17.1 Å². The number of carbonyl (C=O) groups is 1. The van der Waals surface area contributed by atoms with Gasteiger partial charge in [0.15, 0.2) is 11.5 Å². The number of halogens is 4. The summed E-state index contributed by atoms with van der Waals surface area (Å²) in [5, 5.41) is 0.165. The molecule has 0 radical (unpaired) electrons. The SMILES string of the molecule is CCCN(CCC)Cc1c(OC(=O)c2ccc(OC)c(OC)c2)ccc2c(=O)c(Oc3ccc(Cl)cc3)c(C(F)(F)F)oc12. The smallest absolute Gasteiger partial charge is 0.453 e. The highest BCUT2D eigenvalue weighted by Crippen LogP contribution is 2.40. The van der Waals surface area contributed by atoms with Crippen LogP contribution in [-0.2, 0) is 12.7 Å². The first-order valence-electron chi connectivity index (χ1n) is 13.8. The van der Waals surface area contributed by atoms with Crippen LogP contribution >= 0.6 is 11.6 Å². The van der Waals surface area contributed by atoms with Crippen LogP contribution in [0.1, 0.15) is 48.4 Å². The average Bonchev–Trinajstić information content (AvgIpc) is 2.99. The zero-order valence-electron chi connectivity index (χ0n) is 24.5. The van der Waals surface area contributed by atoms with Crippen LogP contribution < -0.4 is 24.4 Å². The van der Waals surface area contributed by atoms with Gasteiger partial charge in [-0.05, 0) is 80.5 Å². The largest absolute Gasteiger partial charge is 0.493 e. The summed E-state index contributed by atoms with van der Waals surface area (Å²) in [6, 6.07) is 12.5. The zero-order valence-corrected chi connectivity index (χ0v) is 25.3. The Bertz CT molecular complexity index is 1680. The molecule has 0 fully saturated rings. The van der Waals surface area contributed by atoms with Gasteiger partial charge in [-0.15, -0.1) is 0 Å². The third-order valence-corrected chi connectivity index (χ3v) is 6.91. The Hall–Kier alpha value is -4.22. The average molecular weight is 634 g/mol. The fourth-order valence-corrected chi connectivity index (χ4v) is 4.80. The van der Waals surface area contributed by atoms with Crippen molar-refractivity contribution in [2.75, 3.05) is 27.3 Å². The highest BCUT2D eigenvalue weighted by molar-refractivity contribution is 6.30. The first kappa shape index (κ1) is 32.7. The summed E-state index contributed by atoms with van der Waals surface area (Å²) in [5.41, 5.74) is -1.18. The minimum absolute atomic E-state index is 0.0377. The fourth-order valence-electron chi connectivity index (χ4n) is 4.67. The van der Waals surface area contributed by atoms with E-state index in [1.54, 1.807) is 0 Å². The van der Waals surface area contributed by atoms with Crippen LogP contribution in [0, 0.1) is 0 Å². The van der Waals surface area contributed by atoms with Crippen molar-refractivity contribution in [3.8, 4) is 28.7 Å². The van der Waals surface area contributed by atoms with Crippen molar-refractivity contribution in [2.45, 2.75) is 39.4 Å². The Kier molecular flexibility index (Phi) is 10.4. The number of carbonyl (C=O) groups excluding carboxylic acids is 1. The first-order chi connectivity index (χ1) is 21.0. The minimum Gasteiger partial charge on any atom is -0.493 e. The van der Waals surface area contributed by atoms with Crippen LogP contribution in [-0.4, -0.2) is 38.2 Å². The molecule has 0 aliphatic rings. The summed E-state index contributed by atoms with van der Waals surface area (Å²) < 4.78 is 70.2. The number of esters is 1. The maximum absolute atomic E-state index is 14.4. The highest BCUT2D eigenvalue weighted by Gasteiger charge is 2.41. The second-order valence-corrected chi connectivity index (χ2v) is 10.2. The number of hydrogen-bond acceptors (Lipinski definition) is 8. The summed E-state index contributed by atoms with van der Waals surface area (Å²) in [6.45, 7) is 5.17. The van der Waals surface area contributed by atoms with E-state index in [1.807, 2.05) is 18.7 Å². The van der Waals surface area contributed by atoms with Crippen LogP contribution in [0.15, 0.2) is 63.8 Å². The number of hydrogen-bond donors (Lipinski definition) is 0. The van der Waals surface area contributed by atoms with Gasteiger partial charge in [0, 0.05) is 11.6 Å². The lowest BCUT2D eigenvalue weighted by Crippen LogP contribution is -2.26. The Morgan fingerprint density at radius 2 is 1.55 bits per heavy atom. The monoisotopic (exact) mass is 633 g/mol. The third-order valence-electron chi connectivity index (χ3n) is 6.65. The second-order valence-electron chi connectivity index (χ2n) is 9.80. The predicted octanol–water partition coefficient (Wildman–Crippen LogP) is 8.12. The number of alkyl halides is 3. The zero-order chi connectivity index (χ0) is 32.0. The molecule has 0 unspecified atom stereocenters. The summed E-state index contributed by atoms with van der Waals surface area (Å²) >= 11 is 5.88. The van der Waals surface area contributed by atoms with Crippen LogP contribution in [0.25, 0.3) is 11.0 Å². The van der Waals surface area contributed by atoms with E-state index in [9.17, 15) is 22.8 Å². The molecule has 8 nitrogen and oxygen atoms in total. The molecule has 0 saturated heterocycles.